The van der Waals surface area contributed by atoms with Gasteiger partial charge in [-0.1, -0.05) is 34.8 Å². The first-order valence-corrected chi connectivity index (χ1v) is 6.67. The monoisotopic (exact) mass is 266 g/mol. The summed E-state index contributed by atoms with van der Waals surface area (Å²) in [5.41, 5.74) is 1.19. The van der Waals surface area contributed by atoms with Crippen LogP contribution >= 0.6 is 46.6 Å². The van der Waals surface area contributed by atoms with Gasteiger partial charge in [-0.2, -0.15) is 11.8 Å². The standard InChI is InChI=1S/C10H9Cl3S/c11-8-2-6(1-7-4-14-5-7)3-9(12)10(8)13/h2-3,7H,1,4-5H2. The van der Waals surface area contributed by atoms with E-state index in [-0.39, 0.29) is 0 Å². The second-order valence-corrected chi connectivity index (χ2v) is 5.75. The highest BCUT2D eigenvalue weighted by Gasteiger charge is 2.19. The number of thioether (sulfide) groups is 1. The van der Waals surface area contributed by atoms with Gasteiger partial charge in [0.1, 0.15) is 0 Å². The van der Waals surface area contributed by atoms with Gasteiger partial charge in [-0.25, -0.2) is 0 Å². The quantitative estimate of drug-likeness (QED) is 0.708. The Bertz CT molecular complexity index is 324. The van der Waals surface area contributed by atoms with Crippen molar-refractivity contribution in [1.29, 1.82) is 0 Å². The molecule has 0 N–H and O–H groups in total. The molecule has 0 nitrogen and oxygen atoms in total. The first-order valence-electron chi connectivity index (χ1n) is 4.38. The van der Waals surface area contributed by atoms with E-state index in [0.29, 0.717) is 15.1 Å². The summed E-state index contributed by atoms with van der Waals surface area (Å²) in [4.78, 5) is 0. The highest BCUT2D eigenvalue weighted by molar-refractivity contribution is 8.00. The maximum absolute atomic E-state index is 5.94. The Hall–Kier alpha value is 0.440. The summed E-state index contributed by atoms with van der Waals surface area (Å²) in [6, 6.07) is 3.83. The predicted octanol–water partition coefficient (Wildman–Crippen LogP) is 4.55. The SMILES string of the molecule is Clc1cc(CC2CSC2)cc(Cl)c1Cl. The molecule has 0 aromatic heterocycles. The predicted molar refractivity (Wildman–Crippen MR) is 66.0 cm³/mol. The molecule has 2 rings (SSSR count). The van der Waals surface area contributed by atoms with Gasteiger partial charge in [-0.15, -0.1) is 0 Å². The summed E-state index contributed by atoms with van der Waals surface area (Å²) in [6.07, 6.45) is 1.06. The molecule has 1 aliphatic heterocycles. The summed E-state index contributed by atoms with van der Waals surface area (Å²) >= 11 is 19.7. The van der Waals surface area contributed by atoms with E-state index < -0.39 is 0 Å². The summed E-state index contributed by atoms with van der Waals surface area (Å²) in [5.74, 6) is 3.28. The highest BCUT2D eigenvalue weighted by Crippen LogP contribution is 2.34. The van der Waals surface area contributed by atoms with Crippen LogP contribution < -0.4 is 0 Å². The van der Waals surface area contributed by atoms with Gasteiger partial charge in [0.15, 0.2) is 0 Å². The average molecular weight is 268 g/mol. The molecule has 1 saturated heterocycles. The van der Waals surface area contributed by atoms with Crippen LogP contribution in [0, 0.1) is 5.92 Å². The van der Waals surface area contributed by atoms with Gasteiger partial charge in [0.05, 0.1) is 15.1 Å². The maximum Gasteiger partial charge on any atom is 0.0778 e. The second-order valence-electron chi connectivity index (χ2n) is 3.48. The lowest BCUT2D eigenvalue weighted by Gasteiger charge is -2.24. The summed E-state index contributed by atoms with van der Waals surface area (Å²) < 4.78 is 0. The molecule has 0 amide bonds. The third-order valence-corrected chi connectivity index (χ3v) is 4.89. The van der Waals surface area contributed by atoms with E-state index in [1.165, 1.54) is 17.1 Å². The zero-order valence-corrected chi connectivity index (χ0v) is 10.5. The van der Waals surface area contributed by atoms with Crippen molar-refractivity contribution >= 4 is 46.6 Å². The van der Waals surface area contributed by atoms with Crippen LogP contribution in [0.3, 0.4) is 0 Å². The minimum Gasteiger partial charge on any atom is -0.161 e. The fourth-order valence-corrected chi connectivity index (χ4v) is 2.91. The molecule has 0 saturated carbocycles. The van der Waals surface area contributed by atoms with Gasteiger partial charge in [0.25, 0.3) is 0 Å². The van der Waals surface area contributed by atoms with E-state index in [1.54, 1.807) is 0 Å². The highest BCUT2D eigenvalue weighted by atomic mass is 35.5. The van der Waals surface area contributed by atoms with Crippen molar-refractivity contribution in [3.05, 3.63) is 32.8 Å². The van der Waals surface area contributed by atoms with Crippen LogP contribution in [0.2, 0.25) is 15.1 Å². The number of benzene rings is 1. The molecule has 1 heterocycles. The molecular formula is C10H9Cl3S. The van der Waals surface area contributed by atoms with Gasteiger partial charge in [-0.05, 0) is 41.5 Å². The van der Waals surface area contributed by atoms with Crippen LogP contribution in [0.25, 0.3) is 0 Å². The summed E-state index contributed by atoms with van der Waals surface area (Å²) in [7, 11) is 0. The fraction of sp³-hybridized carbons (Fsp3) is 0.400. The van der Waals surface area contributed by atoms with Gasteiger partial charge in [0.2, 0.25) is 0 Å². The van der Waals surface area contributed by atoms with E-state index in [0.717, 1.165) is 12.3 Å². The first kappa shape index (κ1) is 10.9. The van der Waals surface area contributed by atoms with Gasteiger partial charge < -0.3 is 0 Å². The van der Waals surface area contributed by atoms with Crippen molar-refractivity contribution in [2.75, 3.05) is 11.5 Å². The molecule has 0 spiro atoms. The Kier molecular flexibility index (Phi) is 3.54. The minimum atomic E-state index is 0.458. The first-order chi connectivity index (χ1) is 6.66. The summed E-state index contributed by atoms with van der Waals surface area (Å²) in [5, 5.41) is 1.57. The lowest BCUT2D eigenvalue weighted by molar-refractivity contribution is 0.637. The van der Waals surface area contributed by atoms with Gasteiger partial charge in [0, 0.05) is 0 Å². The molecule has 0 radical (unpaired) electrons. The molecule has 1 aliphatic rings. The number of rotatable bonds is 2. The third-order valence-electron chi connectivity index (χ3n) is 2.28. The van der Waals surface area contributed by atoms with Crippen LogP contribution in [0.1, 0.15) is 5.56 Å². The molecule has 0 bridgehead atoms. The van der Waals surface area contributed by atoms with Crippen molar-refractivity contribution in [3.8, 4) is 0 Å². The average Bonchev–Trinajstić information content (AvgIpc) is 2.07. The Morgan fingerprint density at radius 1 is 1.14 bits per heavy atom. The van der Waals surface area contributed by atoms with Crippen LogP contribution in [0.4, 0.5) is 0 Å². The van der Waals surface area contributed by atoms with Crippen molar-refractivity contribution in [2.24, 2.45) is 5.92 Å². The molecule has 14 heavy (non-hydrogen) atoms. The minimum absolute atomic E-state index is 0.458. The van der Waals surface area contributed by atoms with E-state index in [1.807, 2.05) is 23.9 Å². The van der Waals surface area contributed by atoms with Crippen molar-refractivity contribution in [2.45, 2.75) is 6.42 Å². The van der Waals surface area contributed by atoms with Crippen LogP contribution in [0.15, 0.2) is 12.1 Å². The Balaban J connectivity index is 2.17. The normalized spacial score (nSPS) is 16.8. The smallest absolute Gasteiger partial charge is 0.0778 e. The molecule has 0 atom stereocenters. The molecule has 1 fully saturated rings. The number of hydrogen-bond acceptors (Lipinski definition) is 1. The molecular weight excluding hydrogens is 259 g/mol. The van der Waals surface area contributed by atoms with Crippen molar-refractivity contribution in [1.82, 2.24) is 0 Å². The Morgan fingerprint density at radius 2 is 1.71 bits per heavy atom. The van der Waals surface area contributed by atoms with Gasteiger partial charge >= 0.3 is 0 Å². The van der Waals surface area contributed by atoms with E-state index in [2.05, 4.69) is 0 Å². The fourth-order valence-electron chi connectivity index (χ4n) is 1.46. The molecule has 0 unspecified atom stereocenters. The lowest BCUT2D eigenvalue weighted by Crippen LogP contribution is -2.20. The molecule has 1 aromatic rings. The largest absolute Gasteiger partial charge is 0.161 e. The van der Waals surface area contributed by atoms with Crippen molar-refractivity contribution in [3.63, 3.8) is 0 Å². The Labute approximate surface area is 103 Å². The van der Waals surface area contributed by atoms with E-state index >= 15 is 0 Å². The van der Waals surface area contributed by atoms with Crippen LogP contribution in [-0.2, 0) is 6.42 Å². The maximum atomic E-state index is 5.94. The van der Waals surface area contributed by atoms with Crippen LogP contribution in [0.5, 0.6) is 0 Å². The number of hydrogen-bond donors (Lipinski definition) is 0. The topological polar surface area (TPSA) is 0 Å². The second kappa shape index (κ2) is 4.52. The Morgan fingerprint density at radius 3 is 2.14 bits per heavy atom. The van der Waals surface area contributed by atoms with Crippen molar-refractivity contribution < 1.29 is 0 Å². The van der Waals surface area contributed by atoms with Gasteiger partial charge in [-0.3, -0.25) is 0 Å². The third kappa shape index (κ3) is 2.33. The zero-order chi connectivity index (χ0) is 10.1. The van der Waals surface area contributed by atoms with Crippen LogP contribution in [-0.4, -0.2) is 11.5 Å². The zero-order valence-electron chi connectivity index (χ0n) is 7.40. The van der Waals surface area contributed by atoms with E-state index in [4.69, 9.17) is 34.8 Å². The molecule has 4 heteroatoms. The lowest BCUT2D eigenvalue weighted by atomic mass is 10.0. The van der Waals surface area contributed by atoms with E-state index in [9.17, 15) is 0 Å². The molecule has 76 valence electrons. The summed E-state index contributed by atoms with van der Waals surface area (Å²) in [6.45, 7) is 0. The molecule has 0 aliphatic carbocycles. The molecule has 1 aromatic carbocycles. The number of halogens is 3.